The number of pyridine rings is 2. The molecule has 2 aliphatic rings. The number of nitrogens with two attached hydrogens (primary N) is 2. The maximum absolute atomic E-state index is 12.3. The second kappa shape index (κ2) is 25.1. The zero-order valence-electron chi connectivity index (χ0n) is 42.4. The number of aliphatic hydroxyl groups excluding tert-OH is 2. The van der Waals surface area contributed by atoms with Gasteiger partial charge in [-0.15, -0.1) is 0 Å². The molecular weight excluding hydrogens is 917 g/mol. The lowest BCUT2D eigenvalue weighted by Gasteiger charge is -2.35. The Morgan fingerprint density at radius 3 is 1.53 bits per heavy atom. The number of primary amides is 2. The number of morpholine rings is 1. The van der Waals surface area contributed by atoms with E-state index in [-0.39, 0.29) is 36.5 Å². The largest absolute Gasteiger partial charge is 0.493 e. The maximum Gasteiger partial charge on any atom is 0.252 e. The molecule has 17 heteroatoms. The van der Waals surface area contributed by atoms with Crippen LogP contribution in [0.25, 0.3) is 21.8 Å². The summed E-state index contributed by atoms with van der Waals surface area (Å²) in [5.41, 5.74) is 19.1. The number of amides is 2. The number of nitrogens with zero attached hydrogens (tertiary/aromatic N) is 4. The number of methoxy groups -OCH3 is 2. The van der Waals surface area contributed by atoms with E-state index in [1.807, 2.05) is 74.5 Å². The van der Waals surface area contributed by atoms with Crippen LogP contribution >= 0.6 is 0 Å². The van der Waals surface area contributed by atoms with Crippen LogP contribution in [-0.2, 0) is 18.0 Å². The molecular formula is C55H70N8O9. The van der Waals surface area contributed by atoms with E-state index in [2.05, 4.69) is 44.2 Å². The normalized spacial score (nSPS) is 16.2. The molecule has 2 aliphatic heterocycles. The molecule has 0 aliphatic carbocycles. The van der Waals surface area contributed by atoms with Crippen LogP contribution in [0.2, 0.25) is 0 Å². The van der Waals surface area contributed by atoms with Crippen molar-refractivity contribution in [1.82, 2.24) is 19.8 Å². The van der Waals surface area contributed by atoms with E-state index >= 15 is 0 Å². The van der Waals surface area contributed by atoms with Crippen LogP contribution < -0.4 is 41.0 Å². The highest BCUT2D eigenvalue weighted by atomic mass is 16.5. The van der Waals surface area contributed by atoms with Crippen molar-refractivity contribution in [2.24, 2.45) is 11.5 Å². The average molecular weight is 987 g/mol. The quantitative estimate of drug-likeness (QED) is 0.0400. The number of fused-ring (bicyclic) bond motifs is 2. The number of anilines is 4. The van der Waals surface area contributed by atoms with E-state index in [0.717, 1.165) is 72.6 Å². The van der Waals surface area contributed by atoms with Gasteiger partial charge < -0.3 is 60.9 Å². The summed E-state index contributed by atoms with van der Waals surface area (Å²) in [7, 11) is 3.17. The van der Waals surface area contributed by atoms with Crippen molar-refractivity contribution in [2.45, 2.75) is 85.2 Å². The molecule has 72 heavy (non-hydrogen) atoms. The molecule has 0 spiro atoms. The first-order chi connectivity index (χ1) is 34.8. The van der Waals surface area contributed by atoms with Crippen LogP contribution in [0.5, 0.6) is 23.0 Å². The minimum Gasteiger partial charge on any atom is -0.493 e. The third-order valence-electron chi connectivity index (χ3n) is 13.3. The van der Waals surface area contributed by atoms with E-state index in [1.54, 1.807) is 14.2 Å². The molecule has 2 amide bonds. The number of hydrogen-bond donors (Lipinski definition) is 6. The minimum absolute atomic E-state index is 0.0760. The molecule has 0 saturated carbocycles. The number of carbonyl (C=O) groups is 2. The Morgan fingerprint density at radius 1 is 0.667 bits per heavy atom. The summed E-state index contributed by atoms with van der Waals surface area (Å²) >= 11 is 0. The maximum atomic E-state index is 12.3. The first kappa shape index (κ1) is 53.0. The number of nitrogens with one attached hydrogen (secondary N) is 2. The van der Waals surface area contributed by atoms with Crippen LogP contribution in [-0.4, -0.2) is 121 Å². The summed E-state index contributed by atoms with van der Waals surface area (Å²) in [6, 6.07) is 18.5. The van der Waals surface area contributed by atoms with Gasteiger partial charge in [0.1, 0.15) is 0 Å². The van der Waals surface area contributed by atoms with Crippen LogP contribution in [0.3, 0.4) is 0 Å². The Morgan fingerprint density at radius 2 is 1.11 bits per heavy atom. The summed E-state index contributed by atoms with van der Waals surface area (Å²) in [4.78, 5) is 38.3. The first-order valence-corrected chi connectivity index (χ1v) is 24.7. The van der Waals surface area contributed by atoms with Crippen LogP contribution in [0.4, 0.5) is 22.7 Å². The molecule has 0 radical (unpaired) electrons. The molecule has 8 rings (SSSR count). The standard InChI is InChI=1S/C28H36N4O5.C27H34N4O4/c1-17-14-32(15-18(2)37-17)9-6-10-36-26-12-24-21(11-25(26)35-4)27(22(13-30-24)28(29)34)31-23-8-5-7-20(16-33)19(23)3;1-18-19(17-32)8-6-9-22(18)30-26-20-14-24(34-2)25(15-23(20)29-16-21(26)27(28)33)35-13-7-12-31-10-4-3-5-11-31/h5,7-8,11-13,17-18,33H,6,9-10,14-16H2,1-4H3,(H2,29,34)(H,30,31);6,8-9,14-16,32H,3-5,7,10-13,17H2,1-2H3,(H2,28,33)(H,29,30)/t17-,18-;/m0./s1. The molecule has 17 nitrogen and oxygen atoms in total. The van der Waals surface area contributed by atoms with Crippen LogP contribution in [0.1, 0.15) is 88.9 Å². The van der Waals surface area contributed by atoms with E-state index in [4.69, 9.17) is 35.2 Å². The fourth-order valence-electron chi connectivity index (χ4n) is 9.43. The van der Waals surface area contributed by atoms with Gasteiger partial charge in [-0.1, -0.05) is 30.7 Å². The monoisotopic (exact) mass is 987 g/mol. The number of ether oxygens (including phenoxy) is 5. The molecule has 8 N–H and O–H groups in total. The molecule has 0 unspecified atom stereocenters. The zero-order chi connectivity index (χ0) is 51.3. The fourth-order valence-corrected chi connectivity index (χ4v) is 9.43. The van der Waals surface area contributed by atoms with Gasteiger partial charge in [0.25, 0.3) is 11.8 Å². The number of hydrogen-bond acceptors (Lipinski definition) is 15. The first-order valence-electron chi connectivity index (χ1n) is 24.7. The highest BCUT2D eigenvalue weighted by molar-refractivity contribution is 6.09. The van der Waals surface area contributed by atoms with Gasteiger partial charge in [-0.3, -0.25) is 24.5 Å². The van der Waals surface area contributed by atoms with Gasteiger partial charge in [0.2, 0.25) is 0 Å². The van der Waals surface area contributed by atoms with Gasteiger partial charge in [-0.2, -0.15) is 0 Å². The summed E-state index contributed by atoms with van der Waals surface area (Å²) < 4.78 is 29.3. The predicted molar refractivity (Wildman–Crippen MR) is 281 cm³/mol. The van der Waals surface area contributed by atoms with Crippen molar-refractivity contribution < 1.29 is 43.5 Å². The lowest BCUT2D eigenvalue weighted by molar-refractivity contribution is -0.0686. The van der Waals surface area contributed by atoms with E-state index in [1.165, 1.54) is 44.7 Å². The number of piperidine rings is 1. The van der Waals surface area contributed by atoms with Crippen molar-refractivity contribution in [3.8, 4) is 23.0 Å². The second-order valence-electron chi connectivity index (χ2n) is 18.4. The lowest BCUT2D eigenvalue weighted by Crippen LogP contribution is -2.45. The molecule has 4 heterocycles. The Labute approximate surface area is 421 Å². The van der Waals surface area contributed by atoms with Gasteiger partial charge in [-0.05, 0) is 113 Å². The molecule has 0 bridgehead atoms. The summed E-state index contributed by atoms with van der Waals surface area (Å²) in [5, 5.41) is 27.3. The summed E-state index contributed by atoms with van der Waals surface area (Å²) in [6.07, 6.45) is 9.09. The van der Waals surface area contributed by atoms with Gasteiger partial charge in [-0.25, -0.2) is 0 Å². The van der Waals surface area contributed by atoms with Crippen molar-refractivity contribution in [1.29, 1.82) is 0 Å². The molecule has 384 valence electrons. The molecule has 2 fully saturated rings. The van der Waals surface area contributed by atoms with Gasteiger partial charge in [0.15, 0.2) is 23.0 Å². The molecule has 2 atom stereocenters. The van der Waals surface area contributed by atoms with Crippen LogP contribution in [0.15, 0.2) is 73.1 Å². The Balaban J connectivity index is 0.000000212. The third kappa shape index (κ3) is 13.0. The van der Waals surface area contributed by atoms with Crippen molar-refractivity contribution in [3.63, 3.8) is 0 Å². The highest BCUT2D eigenvalue weighted by Crippen LogP contribution is 2.40. The number of aromatic nitrogens is 2. The van der Waals surface area contributed by atoms with Crippen LogP contribution in [0, 0.1) is 13.8 Å². The van der Waals surface area contributed by atoms with Crippen molar-refractivity contribution in [3.05, 3.63) is 106 Å². The zero-order valence-corrected chi connectivity index (χ0v) is 42.4. The SMILES string of the molecule is COc1cc2c(Nc3cccc(CO)c3C)c(C(N)=O)cnc2cc1OCCCN1CCCCC1.COc1cc2c(Nc3cccc(CO)c3C)c(C(N)=O)cnc2cc1OCCCN1C[C@H](C)O[C@@H](C)C1. The van der Waals surface area contributed by atoms with E-state index in [0.29, 0.717) is 69.4 Å². The summed E-state index contributed by atoms with van der Waals surface area (Å²) in [5.74, 6) is 1.11. The Kier molecular flexibility index (Phi) is 18.5. The number of carbonyl (C=O) groups excluding carboxylic acids is 2. The third-order valence-corrected chi connectivity index (χ3v) is 13.3. The average Bonchev–Trinajstić information content (AvgIpc) is 3.37. The van der Waals surface area contributed by atoms with Crippen molar-refractivity contribution >= 4 is 56.4 Å². The number of benzene rings is 4. The highest BCUT2D eigenvalue weighted by Gasteiger charge is 2.23. The number of likely N-dealkylation sites (tertiary alicyclic amines) is 1. The van der Waals surface area contributed by atoms with Gasteiger partial charge in [0, 0.05) is 72.9 Å². The van der Waals surface area contributed by atoms with Gasteiger partial charge >= 0.3 is 0 Å². The predicted octanol–water partition coefficient (Wildman–Crippen LogP) is 7.91. The van der Waals surface area contributed by atoms with E-state index in [9.17, 15) is 19.8 Å². The Bertz CT molecular complexity index is 2830. The second-order valence-corrected chi connectivity index (χ2v) is 18.4. The lowest BCUT2D eigenvalue weighted by atomic mass is 10.0. The fraction of sp³-hybridized carbons (Fsp3) is 0.418. The minimum atomic E-state index is -0.598. The molecule has 2 aromatic heterocycles. The molecule has 6 aromatic rings. The number of aliphatic hydroxyl groups is 2. The van der Waals surface area contributed by atoms with E-state index < -0.39 is 11.8 Å². The number of rotatable bonds is 20. The summed E-state index contributed by atoms with van der Waals surface area (Å²) in [6.45, 7) is 15.1. The van der Waals surface area contributed by atoms with Crippen molar-refractivity contribution in [2.75, 3.05) is 77.3 Å². The Hall–Kier alpha value is -6.76. The smallest absolute Gasteiger partial charge is 0.252 e. The topological polar surface area (TPSA) is 229 Å². The van der Waals surface area contributed by atoms with Gasteiger partial charge in [0.05, 0.1) is 86.4 Å². The molecule has 2 saturated heterocycles. The molecule has 4 aromatic carbocycles.